The number of nitrogens with zero attached hydrogens (tertiary/aromatic N) is 1. The number of hydrogen-bond acceptors (Lipinski definition) is 2. The summed E-state index contributed by atoms with van der Waals surface area (Å²) in [6.45, 7) is 0. The van der Waals surface area contributed by atoms with Crippen LogP contribution < -0.4 is 0 Å². The fourth-order valence-electron chi connectivity index (χ4n) is 3.00. The molecule has 0 bridgehead atoms. The largest absolute Gasteiger partial charge is 0.345 e. The molecule has 4 aromatic rings. The molecule has 4 rings (SSSR count). The van der Waals surface area contributed by atoms with E-state index in [9.17, 15) is 22.4 Å². The smallest absolute Gasteiger partial charge is 0.198 e. The molecule has 2 aromatic heterocycles. The van der Waals surface area contributed by atoms with Crippen molar-refractivity contribution < 1.29 is 22.4 Å². The normalized spacial score (nSPS) is 11.1. The van der Waals surface area contributed by atoms with E-state index in [1.165, 1.54) is 18.5 Å². The molecule has 0 saturated carbocycles. The minimum atomic E-state index is -0.877. The summed E-state index contributed by atoms with van der Waals surface area (Å²) < 4.78 is 54.8. The maximum Gasteiger partial charge on any atom is 0.198 e. The monoisotopic (exact) mass is 370 g/mol. The maximum absolute atomic E-state index is 14.0. The molecule has 1 N–H and O–H groups in total. The van der Waals surface area contributed by atoms with Crippen LogP contribution in [0.2, 0.25) is 0 Å². The number of H-pyrrole nitrogens is 1. The number of carbonyl (C=O) groups excluding carboxylic acids is 1. The first-order valence-corrected chi connectivity index (χ1v) is 7.86. The molecule has 0 unspecified atom stereocenters. The Bertz CT molecular complexity index is 1180. The molecule has 2 aromatic carbocycles. The number of hydrogen-bond donors (Lipinski definition) is 1. The highest BCUT2D eigenvalue weighted by Crippen LogP contribution is 2.32. The van der Waals surface area contributed by atoms with Crippen LogP contribution in [0.4, 0.5) is 17.6 Å². The third-order valence-electron chi connectivity index (χ3n) is 4.16. The van der Waals surface area contributed by atoms with Crippen LogP contribution in [-0.2, 0) is 0 Å². The van der Waals surface area contributed by atoms with Gasteiger partial charge in [0, 0.05) is 23.8 Å². The van der Waals surface area contributed by atoms with Gasteiger partial charge in [-0.15, -0.1) is 0 Å². The Morgan fingerprint density at radius 3 is 2.33 bits per heavy atom. The van der Waals surface area contributed by atoms with Gasteiger partial charge >= 0.3 is 0 Å². The van der Waals surface area contributed by atoms with Crippen LogP contribution in [0.1, 0.15) is 15.9 Å². The zero-order valence-corrected chi connectivity index (χ0v) is 13.6. The van der Waals surface area contributed by atoms with E-state index in [0.717, 1.165) is 36.4 Å². The number of fused-ring (bicyclic) bond motifs is 1. The minimum Gasteiger partial charge on any atom is -0.345 e. The number of aromatic nitrogens is 2. The topological polar surface area (TPSA) is 45.8 Å². The molecule has 134 valence electrons. The zero-order chi connectivity index (χ0) is 19.1. The van der Waals surface area contributed by atoms with Crippen molar-refractivity contribution in [1.82, 2.24) is 9.97 Å². The van der Waals surface area contributed by atoms with Gasteiger partial charge in [-0.3, -0.25) is 4.79 Å². The summed E-state index contributed by atoms with van der Waals surface area (Å²) in [5.41, 5.74) is 0.365. The lowest BCUT2D eigenvalue weighted by atomic mass is 9.97. The van der Waals surface area contributed by atoms with E-state index >= 15 is 0 Å². The van der Waals surface area contributed by atoms with Gasteiger partial charge in [0.1, 0.15) is 28.9 Å². The van der Waals surface area contributed by atoms with Crippen LogP contribution in [0.15, 0.2) is 54.9 Å². The first-order chi connectivity index (χ1) is 12.9. The number of benzene rings is 2. The molecule has 3 nitrogen and oxygen atoms in total. The van der Waals surface area contributed by atoms with Crippen LogP contribution in [-0.4, -0.2) is 15.8 Å². The Morgan fingerprint density at radius 2 is 1.59 bits per heavy atom. The second kappa shape index (κ2) is 6.35. The first kappa shape index (κ1) is 17.0. The van der Waals surface area contributed by atoms with Crippen LogP contribution in [0, 0.1) is 23.3 Å². The number of halogens is 4. The summed E-state index contributed by atoms with van der Waals surface area (Å²) in [4.78, 5) is 19.7. The zero-order valence-electron chi connectivity index (χ0n) is 13.6. The van der Waals surface area contributed by atoms with Gasteiger partial charge in [-0.25, -0.2) is 22.5 Å². The van der Waals surface area contributed by atoms with E-state index < -0.39 is 34.6 Å². The number of nitrogens with one attached hydrogen (secondary N) is 1. The Hall–Kier alpha value is -3.48. The van der Waals surface area contributed by atoms with E-state index in [-0.39, 0.29) is 22.2 Å². The first-order valence-electron chi connectivity index (χ1n) is 7.86. The molecular formula is C20H10F4N2O. The Labute approximate surface area is 150 Å². The lowest BCUT2D eigenvalue weighted by molar-refractivity contribution is 0.103. The maximum atomic E-state index is 14.0. The highest BCUT2D eigenvalue weighted by atomic mass is 19.1. The summed E-state index contributed by atoms with van der Waals surface area (Å²) in [5.74, 6) is -3.98. The molecule has 0 fully saturated rings. The Morgan fingerprint density at radius 1 is 0.852 bits per heavy atom. The molecule has 27 heavy (non-hydrogen) atoms. The molecule has 2 heterocycles. The molecule has 0 spiro atoms. The lowest BCUT2D eigenvalue weighted by Gasteiger charge is -2.07. The minimum absolute atomic E-state index is 0.0160. The molecule has 0 saturated heterocycles. The predicted octanol–water partition coefficient (Wildman–Crippen LogP) is 5.02. The van der Waals surface area contributed by atoms with Crippen molar-refractivity contribution in [2.75, 3.05) is 0 Å². The van der Waals surface area contributed by atoms with E-state index in [4.69, 9.17) is 0 Å². The van der Waals surface area contributed by atoms with Crippen molar-refractivity contribution in [2.45, 2.75) is 0 Å². The second-order valence-electron chi connectivity index (χ2n) is 5.90. The Balaban J connectivity index is 1.95. The van der Waals surface area contributed by atoms with E-state index in [1.54, 1.807) is 0 Å². The van der Waals surface area contributed by atoms with Crippen molar-refractivity contribution in [3.63, 3.8) is 0 Å². The molecule has 0 aliphatic heterocycles. The van der Waals surface area contributed by atoms with Gasteiger partial charge in [-0.05, 0) is 47.5 Å². The average Bonchev–Trinajstić information content (AvgIpc) is 3.06. The van der Waals surface area contributed by atoms with E-state index in [2.05, 4.69) is 9.97 Å². The van der Waals surface area contributed by atoms with Gasteiger partial charge in [0.25, 0.3) is 0 Å². The van der Waals surface area contributed by atoms with Crippen LogP contribution in [0.3, 0.4) is 0 Å². The number of pyridine rings is 1. The summed E-state index contributed by atoms with van der Waals surface area (Å²) in [6.07, 6.45) is 2.72. The summed E-state index contributed by atoms with van der Waals surface area (Å²) >= 11 is 0. The van der Waals surface area contributed by atoms with E-state index in [1.807, 2.05) is 0 Å². The fourth-order valence-corrected chi connectivity index (χ4v) is 3.00. The number of ketones is 1. The molecule has 0 aliphatic carbocycles. The molecule has 0 amide bonds. The van der Waals surface area contributed by atoms with Crippen LogP contribution in [0.5, 0.6) is 0 Å². The van der Waals surface area contributed by atoms with Gasteiger partial charge in [0.2, 0.25) is 0 Å². The average molecular weight is 370 g/mol. The van der Waals surface area contributed by atoms with Gasteiger partial charge in [-0.1, -0.05) is 0 Å². The third-order valence-corrected chi connectivity index (χ3v) is 4.16. The van der Waals surface area contributed by atoms with Gasteiger partial charge in [-0.2, -0.15) is 0 Å². The lowest BCUT2D eigenvalue weighted by Crippen LogP contribution is -2.05. The second-order valence-corrected chi connectivity index (χ2v) is 5.90. The van der Waals surface area contributed by atoms with E-state index in [0.29, 0.717) is 5.56 Å². The van der Waals surface area contributed by atoms with Gasteiger partial charge < -0.3 is 4.98 Å². The van der Waals surface area contributed by atoms with Gasteiger partial charge in [0.05, 0.1) is 11.1 Å². The van der Waals surface area contributed by atoms with Crippen LogP contribution >= 0.6 is 0 Å². The quantitative estimate of drug-likeness (QED) is 0.407. The summed E-state index contributed by atoms with van der Waals surface area (Å²) in [7, 11) is 0. The molecule has 7 heteroatoms. The van der Waals surface area contributed by atoms with Crippen molar-refractivity contribution in [2.24, 2.45) is 0 Å². The summed E-state index contributed by atoms with van der Waals surface area (Å²) in [6, 6.07) is 7.01. The highest BCUT2D eigenvalue weighted by Gasteiger charge is 2.21. The van der Waals surface area contributed by atoms with Crippen molar-refractivity contribution in [1.29, 1.82) is 0 Å². The predicted molar refractivity (Wildman–Crippen MR) is 91.2 cm³/mol. The van der Waals surface area contributed by atoms with Crippen LogP contribution in [0.25, 0.3) is 22.2 Å². The standard InChI is InChI=1S/C20H10F4N2O/c21-11-1-2-17(24)15(8-11)19(27)16-9-26-20-18(16)14(3-4-25-20)10-5-12(22)7-13(23)6-10/h1-9H,(H,25,26). The van der Waals surface area contributed by atoms with Crippen molar-refractivity contribution >= 4 is 16.8 Å². The third kappa shape index (κ3) is 2.97. The van der Waals surface area contributed by atoms with Gasteiger partial charge in [0.15, 0.2) is 5.78 Å². The highest BCUT2D eigenvalue weighted by molar-refractivity contribution is 6.18. The number of carbonyl (C=O) groups is 1. The number of aromatic amines is 1. The fraction of sp³-hybridized carbons (Fsp3) is 0. The molecule has 0 aliphatic rings. The van der Waals surface area contributed by atoms with Crippen molar-refractivity contribution in [3.05, 3.63) is 89.3 Å². The molecular weight excluding hydrogens is 360 g/mol. The molecule has 0 atom stereocenters. The molecule has 0 radical (unpaired) electrons. The van der Waals surface area contributed by atoms with Crippen molar-refractivity contribution in [3.8, 4) is 11.1 Å². The number of rotatable bonds is 3. The summed E-state index contributed by atoms with van der Waals surface area (Å²) in [5, 5.41) is 0.260. The Kier molecular flexibility index (Phi) is 3.99. The SMILES string of the molecule is O=C(c1cc(F)ccc1F)c1c[nH]c2nccc(-c3cc(F)cc(F)c3)c12.